The number of hydrogen-bond donors (Lipinski definition) is 1. The fraction of sp³-hybridized carbons (Fsp3) is 0.529. The lowest BCUT2D eigenvalue weighted by molar-refractivity contribution is -0.157. The van der Waals surface area contributed by atoms with Gasteiger partial charge in [0, 0.05) is 13.0 Å². The van der Waals surface area contributed by atoms with Crippen molar-refractivity contribution in [3.05, 3.63) is 35.4 Å². The Kier molecular flexibility index (Phi) is 4.51. The number of amides is 2. The molecule has 130 valence electrons. The molecule has 2 atom stereocenters. The third-order valence-electron chi connectivity index (χ3n) is 4.64. The predicted octanol–water partition coefficient (Wildman–Crippen LogP) is 2.59. The van der Waals surface area contributed by atoms with Crippen molar-refractivity contribution in [3.63, 3.8) is 0 Å². The molecule has 24 heavy (non-hydrogen) atoms. The molecule has 0 bridgehead atoms. The van der Waals surface area contributed by atoms with E-state index >= 15 is 0 Å². The zero-order valence-electron chi connectivity index (χ0n) is 13.1. The van der Waals surface area contributed by atoms with Crippen LogP contribution in [0.4, 0.5) is 13.2 Å². The van der Waals surface area contributed by atoms with Crippen molar-refractivity contribution >= 4 is 11.8 Å². The van der Waals surface area contributed by atoms with Gasteiger partial charge in [-0.15, -0.1) is 0 Å². The number of nitrogens with zero attached hydrogens (tertiary/aromatic N) is 1. The summed E-state index contributed by atoms with van der Waals surface area (Å²) < 4.78 is 37.4. The Bertz CT molecular complexity index is 645. The topological polar surface area (TPSA) is 49.4 Å². The van der Waals surface area contributed by atoms with Gasteiger partial charge in [0.25, 0.3) is 0 Å². The van der Waals surface area contributed by atoms with Crippen molar-refractivity contribution < 1.29 is 22.8 Å². The molecule has 1 N–H and O–H groups in total. The number of likely N-dealkylation sites (tertiary alicyclic amines) is 1. The quantitative estimate of drug-likeness (QED) is 0.919. The zero-order valence-corrected chi connectivity index (χ0v) is 13.1. The van der Waals surface area contributed by atoms with Crippen LogP contribution in [-0.4, -0.2) is 36.0 Å². The maximum Gasteiger partial charge on any atom is 0.406 e. The van der Waals surface area contributed by atoms with Gasteiger partial charge in [0.2, 0.25) is 11.8 Å². The van der Waals surface area contributed by atoms with Gasteiger partial charge in [-0.25, -0.2) is 0 Å². The first-order valence-corrected chi connectivity index (χ1v) is 8.06. The molecule has 2 amide bonds. The summed E-state index contributed by atoms with van der Waals surface area (Å²) in [7, 11) is 0. The molecular weight excluding hydrogens is 321 g/mol. The number of rotatable bonds is 3. The van der Waals surface area contributed by atoms with E-state index in [4.69, 9.17) is 0 Å². The smallest absolute Gasteiger partial charge is 0.349 e. The summed E-state index contributed by atoms with van der Waals surface area (Å²) in [6.45, 7) is -1.46. The molecule has 1 heterocycles. The summed E-state index contributed by atoms with van der Waals surface area (Å²) in [4.78, 5) is 24.8. The highest BCUT2D eigenvalue weighted by Crippen LogP contribution is 2.30. The molecule has 0 aromatic heterocycles. The third kappa shape index (κ3) is 3.71. The molecule has 0 saturated carbocycles. The summed E-state index contributed by atoms with van der Waals surface area (Å²) in [5, 5.41) is 2.92. The van der Waals surface area contributed by atoms with E-state index in [0.29, 0.717) is 0 Å². The van der Waals surface area contributed by atoms with Gasteiger partial charge in [-0.2, -0.15) is 13.2 Å². The van der Waals surface area contributed by atoms with Crippen LogP contribution in [0.5, 0.6) is 0 Å². The second kappa shape index (κ2) is 6.45. The van der Waals surface area contributed by atoms with Crippen molar-refractivity contribution in [1.82, 2.24) is 10.2 Å². The van der Waals surface area contributed by atoms with E-state index in [1.807, 2.05) is 24.3 Å². The van der Waals surface area contributed by atoms with Gasteiger partial charge < -0.3 is 10.2 Å². The Morgan fingerprint density at radius 1 is 1.29 bits per heavy atom. The normalized spacial score (nSPS) is 24.0. The van der Waals surface area contributed by atoms with Gasteiger partial charge in [-0.1, -0.05) is 24.3 Å². The molecule has 1 fully saturated rings. The van der Waals surface area contributed by atoms with E-state index in [9.17, 15) is 22.8 Å². The van der Waals surface area contributed by atoms with E-state index in [2.05, 4.69) is 5.32 Å². The summed E-state index contributed by atoms with van der Waals surface area (Å²) in [6.07, 6.45) is -1.88. The number of carbonyl (C=O) groups is 2. The molecule has 1 aromatic carbocycles. The molecular formula is C17H19F3N2O2. The number of aryl methyl sites for hydroxylation is 1. The highest BCUT2D eigenvalue weighted by atomic mass is 19.4. The molecule has 1 aromatic rings. The molecule has 0 radical (unpaired) electrons. The van der Waals surface area contributed by atoms with Gasteiger partial charge in [-0.05, 0) is 30.4 Å². The highest BCUT2D eigenvalue weighted by molar-refractivity contribution is 5.89. The number of carbonyl (C=O) groups excluding carboxylic acids is 2. The molecule has 7 heteroatoms. The summed E-state index contributed by atoms with van der Waals surface area (Å²) >= 11 is 0. The number of hydrogen-bond acceptors (Lipinski definition) is 2. The molecule has 2 aliphatic rings. The van der Waals surface area contributed by atoms with Gasteiger partial charge in [0.1, 0.15) is 6.54 Å². The van der Waals surface area contributed by atoms with Crippen LogP contribution in [0.2, 0.25) is 0 Å². The lowest BCUT2D eigenvalue weighted by Gasteiger charge is -2.27. The molecule has 1 saturated heterocycles. The van der Waals surface area contributed by atoms with Crippen LogP contribution in [0.25, 0.3) is 0 Å². The molecule has 1 aliphatic heterocycles. The summed E-state index contributed by atoms with van der Waals surface area (Å²) in [6, 6.07) is 7.72. The lowest BCUT2D eigenvalue weighted by Crippen LogP contribution is -2.38. The first kappa shape index (κ1) is 16.8. The number of halogens is 3. The average molecular weight is 340 g/mol. The number of nitrogens with one attached hydrogen (secondary N) is 1. The summed E-state index contributed by atoms with van der Waals surface area (Å²) in [5.41, 5.74) is 2.25. The monoisotopic (exact) mass is 340 g/mol. The third-order valence-corrected chi connectivity index (χ3v) is 4.64. The predicted molar refractivity (Wildman–Crippen MR) is 81.0 cm³/mol. The van der Waals surface area contributed by atoms with Crippen molar-refractivity contribution in [2.75, 3.05) is 13.1 Å². The lowest BCUT2D eigenvalue weighted by atomic mass is 9.87. The Morgan fingerprint density at radius 3 is 2.79 bits per heavy atom. The van der Waals surface area contributed by atoms with E-state index in [1.165, 1.54) is 5.56 Å². The van der Waals surface area contributed by atoms with Crippen molar-refractivity contribution in [2.45, 2.75) is 37.9 Å². The van der Waals surface area contributed by atoms with Crippen molar-refractivity contribution in [1.29, 1.82) is 0 Å². The van der Waals surface area contributed by atoms with Gasteiger partial charge in [-0.3, -0.25) is 9.59 Å². The summed E-state index contributed by atoms with van der Waals surface area (Å²) in [5.74, 6) is -1.67. The Labute approximate surface area is 138 Å². The molecule has 0 spiro atoms. The maximum atomic E-state index is 12.5. The van der Waals surface area contributed by atoms with E-state index in [-0.39, 0.29) is 24.9 Å². The second-order valence-corrected chi connectivity index (χ2v) is 6.44. The van der Waals surface area contributed by atoms with Crippen LogP contribution in [0.3, 0.4) is 0 Å². The van der Waals surface area contributed by atoms with Crippen molar-refractivity contribution in [2.24, 2.45) is 5.92 Å². The fourth-order valence-electron chi connectivity index (χ4n) is 3.51. The van der Waals surface area contributed by atoms with E-state index in [1.54, 1.807) is 0 Å². The van der Waals surface area contributed by atoms with Crippen LogP contribution in [0.15, 0.2) is 24.3 Å². The second-order valence-electron chi connectivity index (χ2n) is 6.44. The molecule has 0 unspecified atom stereocenters. The van der Waals surface area contributed by atoms with Gasteiger partial charge in [0.05, 0.1) is 12.0 Å². The SMILES string of the molecule is O=C(N[C@H]1CCCc2ccccc21)[C@@H]1CC(=O)N(CC(F)(F)F)C1. The standard InChI is InChI=1S/C17H19F3N2O2/c18-17(19,20)10-22-9-12(8-15(22)23)16(24)21-14-7-3-5-11-4-1-2-6-13(11)14/h1-2,4,6,12,14H,3,5,7-10H2,(H,21,24)/t12-,14+/m1/s1. The molecule has 1 aliphatic carbocycles. The van der Waals surface area contributed by atoms with E-state index < -0.39 is 24.5 Å². The van der Waals surface area contributed by atoms with Crippen LogP contribution in [0.1, 0.15) is 36.4 Å². The van der Waals surface area contributed by atoms with Gasteiger partial charge in [0.15, 0.2) is 0 Å². The largest absolute Gasteiger partial charge is 0.406 e. The van der Waals surface area contributed by atoms with Crippen LogP contribution < -0.4 is 5.32 Å². The van der Waals surface area contributed by atoms with Crippen LogP contribution in [-0.2, 0) is 16.0 Å². The van der Waals surface area contributed by atoms with Crippen molar-refractivity contribution in [3.8, 4) is 0 Å². The average Bonchev–Trinajstić information content (AvgIpc) is 2.87. The first-order chi connectivity index (χ1) is 11.3. The first-order valence-electron chi connectivity index (χ1n) is 8.06. The van der Waals surface area contributed by atoms with Gasteiger partial charge >= 0.3 is 6.18 Å². The Hall–Kier alpha value is -2.05. The number of alkyl halides is 3. The Balaban J connectivity index is 1.63. The van der Waals surface area contributed by atoms with Crippen LogP contribution >= 0.6 is 0 Å². The number of benzene rings is 1. The minimum absolute atomic E-state index is 0.130. The van der Waals surface area contributed by atoms with Crippen LogP contribution in [0, 0.1) is 5.92 Å². The minimum Gasteiger partial charge on any atom is -0.349 e. The highest BCUT2D eigenvalue weighted by Gasteiger charge is 2.41. The van der Waals surface area contributed by atoms with E-state index in [0.717, 1.165) is 29.7 Å². The Morgan fingerprint density at radius 2 is 2.04 bits per heavy atom. The maximum absolute atomic E-state index is 12.5. The fourth-order valence-corrected chi connectivity index (χ4v) is 3.51. The molecule has 3 rings (SSSR count). The minimum atomic E-state index is -4.44. The number of fused-ring (bicyclic) bond motifs is 1. The zero-order chi connectivity index (χ0) is 17.3. The molecule has 4 nitrogen and oxygen atoms in total.